The first-order valence-electron chi connectivity index (χ1n) is 11.3. The molecule has 0 spiro atoms. The summed E-state index contributed by atoms with van der Waals surface area (Å²) in [4.78, 5) is 24.5. The number of likely N-dealkylation sites (tertiary alicyclic amines) is 1. The molecule has 0 bridgehead atoms. The number of nitrogens with zero attached hydrogens (tertiary/aromatic N) is 4. The molecule has 1 saturated heterocycles. The third-order valence-electron chi connectivity index (χ3n) is 6.06. The van der Waals surface area contributed by atoms with Crippen LogP contribution in [0.2, 0.25) is 0 Å². The average Bonchev–Trinajstić information content (AvgIpc) is 3.50. The van der Waals surface area contributed by atoms with Gasteiger partial charge in [0.05, 0.1) is 16.3 Å². The van der Waals surface area contributed by atoms with Crippen LogP contribution in [0.4, 0.5) is 0 Å². The number of aromatic nitrogens is 3. The summed E-state index contributed by atoms with van der Waals surface area (Å²) in [7, 11) is 0. The van der Waals surface area contributed by atoms with Crippen molar-refractivity contribution in [1.29, 1.82) is 0 Å². The van der Waals surface area contributed by atoms with Gasteiger partial charge in [-0.2, -0.15) is 4.98 Å². The van der Waals surface area contributed by atoms with Gasteiger partial charge in [0.1, 0.15) is 5.01 Å². The number of carbonyl (C=O) groups is 1. The topological polar surface area (TPSA) is 72.1 Å². The van der Waals surface area contributed by atoms with Crippen molar-refractivity contribution in [2.75, 3.05) is 6.54 Å². The standard InChI is InChI=1S/C25H26N4O2S/c1-2-17-10-12-18(13-11-17)24-27-22(31-28-24)14-15-23(30)29-16-6-5-8-20(29)25-26-19-7-3-4-9-21(19)32-25/h3-4,7,9-13,20H,2,5-6,8,14-16H2,1H3/t20-/m1/s1. The first-order valence-corrected chi connectivity index (χ1v) is 12.1. The second-order valence-corrected chi connectivity index (χ2v) is 9.24. The number of carbonyl (C=O) groups excluding carboxylic acids is 1. The van der Waals surface area contributed by atoms with E-state index in [1.165, 1.54) is 10.3 Å². The van der Waals surface area contributed by atoms with Gasteiger partial charge in [-0.3, -0.25) is 4.79 Å². The van der Waals surface area contributed by atoms with Gasteiger partial charge in [0, 0.05) is 24.9 Å². The molecular formula is C25H26N4O2S. The Bertz CT molecular complexity index is 1180. The summed E-state index contributed by atoms with van der Waals surface area (Å²) in [5.41, 5.74) is 3.21. The monoisotopic (exact) mass is 446 g/mol. The highest BCUT2D eigenvalue weighted by molar-refractivity contribution is 7.18. The van der Waals surface area contributed by atoms with Gasteiger partial charge in [-0.15, -0.1) is 11.3 Å². The van der Waals surface area contributed by atoms with Crippen molar-refractivity contribution in [3.8, 4) is 11.4 Å². The molecule has 0 saturated carbocycles. The van der Waals surface area contributed by atoms with Crippen molar-refractivity contribution < 1.29 is 9.32 Å². The lowest BCUT2D eigenvalue weighted by Crippen LogP contribution is -2.38. The smallest absolute Gasteiger partial charge is 0.227 e. The number of thiazole rings is 1. The largest absolute Gasteiger partial charge is 0.339 e. The Morgan fingerprint density at radius 1 is 1.12 bits per heavy atom. The molecule has 1 fully saturated rings. The second-order valence-electron chi connectivity index (χ2n) is 8.18. The molecule has 6 nitrogen and oxygen atoms in total. The van der Waals surface area contributed by atoms with E-state index in [0.29, 0.717) is 24.6 Å². The van der Waals surface area contributed by atoms with Crippen LogP contribution in [0.25, 0.3) is 21.6 Å². The molecule has 0 radical (unpaired) electrons. The summed E-state index contributed by atoms with van der Waals surface area (Å²) in [6, 6.07) is 16.4. The van der Waals surface area contributed by atoms with E-state index in [1.54, 1.807) is 11.3 Å². The molecule has 2 aromatic heterocycles. The maximum absolute atomic E-state index is 13.1. The molecule has 0 aliphatic carbocycles. The zero-order chi connectivity index (χ0) is 21.9. The van der Waals surface area contributed by atoms with Gasteiger partial charge in [-0.05, 0) is 43.4 Å². The molecule has 164 valence electrons. The number of para-hydroxylation sites is 1. The first kappa shape index (κ1) is 20.8. The van der Waals surface area contributed by atoms with Gasteiger partial charge in [-0.1, -0.05) is 48.5 Å². The minimum atomic E-state index is 0.0592. The average molecular weight is 447 g/mol. The van der Waals surface area contributed by atoms with E-state index in [1.807, 2.05) is 35.2 Å². The summed E-state index contributed by atoms with van der Waals surface area (Å²) in [5, 5.41) is 5.14. The van der Waals surface area contributed by atoms with E-state index >= 15 is 0 Å². The van der Waals surface area contributed by atoms with E-state index in [-0.39, 0.29) is 11.9 Å². The maximum atomic E-state index is 13.1. The fourth-order valence-corrected chi connectivity index (χ4v) is 5.36. The van der Waals surface area contributed by atoms with E-state index in [2.05, 4.69) is 35.3 Å². The van der Waals surface area contributed by atoms with Crippen molar-refractivity contribution in [2.24, 2.45) is 0 Å². The summed E-state index contributed by atoms with van der Waals surface area (Å²) in [6.07, 6.45) is 4.91. The van der Waals surface area contributed by atoms with Gasteiger partial charge in [0.15, 0.2) is 0 Å². The number of amides is 1. The van der Waals surface area contributed by atoms with Crippen molar-refractivity contribution >= 4 is 27.5 Å². The summed E-state index contributed by atoms with van der Waals surface area (Å²) in [5.74, 6) is 1.20. The first-order chi connectivity index (χ1) is 15.7. The molecular weight excluding hydrogens is 420 g/mol. The van der Waals surface area contributed by atoms with Crippen molar-refractivity contribution in [3.05, 3.63) is 65.0 Å². The molecule has 2 aromatic carbocycles. The molecule has 4 aromatic rings. The summed E-state index contributed by atoms with van der Waals surface area (Å²) >= 11 is 1.70. The highest BCUT2D eigenvalue weighted by Gasteiger charge is 2.30. The molecule has 3 heterocycles. The van der Waals surface area contributed by atoms with Crippen LogP contribution in [-0.2, 0) is 17.6 Å². The van der Waals surface area contributed by atoms with E-state index in [0.717, 1.165) is 48.3 Å². The van der Waals surface area contributed by atoms with Crippen LogP contribution in [0.1, 0.15) is 55.1 Å². The fraction of sp³-hybridized carbons (Fsp3) is 0.360. The number of fused-ring (bicyclic) bond motifs is 1. The van der Waals surface area contributed by atoms with Crippen LogP contribution in [0.3, 0.4) is 0 Å². The molecule has 32 heavy (non-hydrogen) atoms. The Morgan fingerprint density at radius 2 is 1.97 bits per heavy atom. The Balaban J connectivity index is 1.26. The molecule has 7 heteroatoms. The Kier molecular flexibility index (Phi) is 5.99. The second kappa shape index (κ2) is 9.20. The van der Waals surface area contributed by atoms with Gasteiger partial charge >= 0.3 is 0 Å². The van der Waals surface area contributed by atoms with Crippen LogP contribution in [-0.4, -0.2) is 32.5 Å². The predicted octanol–water partition coefficient (Wildman–Crippen LogP) is 5.60. The maximum Gasteiger partial charge on any atom is 0.227 e. The minimum absolute atomic E-state index is 0.0592. The predicted molar refractivity (Wildman–Crippen MR) is 125 cm³/mol. The Hall–Kier alpha value is -3.06. The minimum Gasteiger partial charge on any atom is -0.339 e. The lowest BCUT2D eigenvalue weighted by molar-refractivity contribution is -0.135. The quantitative estimate of drug-likeness (QED) is 0.386. The lowest BCUT2D eigenvalue weighted by Gasteiger charge is -2.34. The van der Waals surface area contributed by atoms with Crippen molar-refractivity contribution in [3.63, 3.8) is 0 Å². The molecule has 1 amide bonds. The number of piperidine rings is 1. The van der Waals surface area contributed by atoms with Gasteiger partial charge in [-0.25, -0.2) is 4.98 Å². The number of benzene rings is 2. The molecule has 0 N–H and O–H groups in total. The van der Waals surface area contributed by atoms with Crippen LogP contribution in [0, 0.1) is 0 Å². The summed E-state index contributed by atoms with van der Waals surface area (Å²) in [6.45, 7) is 2.90. The van der Waals surface area contributed by atoms with Crippen LogP contribution in [0.15, 0.2) is 53.1 Å². The SMILES string of the molecule is CCc1ccc(-c2noc(CCC(=O)N3CCCC[C@@H]3c3nc4ccccc4s3)n2)cc1. The Morgan fingerprint density at radius 3 is 2.78 bits per heavy atom. The number of hydrogen-bond donors (Lipinski definition) is 0. The van der Waals surface area contributed by atoms with Crippen LogP contribution < -0.4 is 0 Å². The van der Waals surface area contributed by atoms with Crippen molar-refractivity contribution in [1.82, 2.24) is 20.0 Å². The number of hydrogen-bond acceptors (Lipinski definition) is 6. The van der Waals surface area contributed by atoms with E-state index in [4.69, 9.17) is 9.51 Å². The van der Waals surface area contributed by atoms with Crippen LogP contribution >= 0.6 is 11.3 Å². The van der Waals surface area contributed by atoms with Gasteiger partial charge in [0.2, 0.25) is 17.6 Å². The van der Waals surface area contributed by atoms with Crippen molar-refractivity contribution in [2.45, 2.75) is 51.5 Å². The Labute approximate surface area is 191 Å². The van der Waals surface area contributed by atoms with Crippen LogP contribution in [0.5, 0.6) is 0 Å². The molecule has 0 unspecified atom stereocenters. The molecule has 5 rings (SSSR count). The zero-order valence-corrected chi connectivity index (χ0v) is 19.0. The molecule has 1 aliphatic heterocycles. The fourth-order valence-electron chi connectivity index (χ4n) is 4.24. The number of aryl methyl sites for hydroxylation is 2. The van der Waals surface area contributed by atoms with Gasteiger partial charge < -0.3 is 9.42 Å². The highest BCUT2D eigenvalue weighted by Crippen LogP contribution is 2.36. The van der Waals surface area contributed by atoms with E-state index < -0.39 is 0 Å². The lowest BCUT2D eigenvalue weighted by atomic mass is 10.0. The third-order valence-corrected chi connectivity index (χ3v) is 7.20. The summed E-state index contributed by atoms with van der Waals surface area (Å²) < 4.78 is 6.59. The van der Waals surface area contributed by atoms with E-state index in [9.17, 15) is 4.79 Å². The number of rotatable bonds is 6. The highest BCUT2D eigenvalue weighted by atomic mass is 32.1. The normalized spacial score (nSPS) is 16.5. The third kappa shape index (κ3) is 4.30. The van der Waals surface area contributed by atoms with Gasteiger partial charge in [0.25, 0.3) is 0 Å². The zero-order valence-electron chi connectivity index (χ0n) is 18.2. The molecule has 1 atom stereocenters. The molecule has 1 aliphatic rings.